The zero-order valence-corrected chi connectivity index (χ0v) is 26.9. The highest BCUT2D eigenvalue weighted by molar-refractivity contribution is 6.40. The van der Waals surface area contributed by atoms with Crippen LogP contribution in [0.2, 0.25) is 10.3 Å². The second-order valence-corrected chi connectivity index (χ2v) is 11.9. The van der Waals surface area contributed by atoms with E-state index in [1.807, 2.05) is 78.9 Å². The number of esters is 1. The van der Waals surface area contributed by atoms with Gasteiger partial charge in [0, 0.05) is 24.4 Å². The van der Waals surface area contributed by atoms with Crippen LogP contribution in [0.3, 0.4) is 0 Å². The minimum Gasteiger partial charge on any atom is -0.467 e. The molecule has 4 aromatic rings. The Morgan fingerprint density at radius 2 is 1.63 bits per heavy atom. The lowest BCUT2D eigenvalue weighted by Crippen LogP contribution is -2.47. The Labute approximate surface area is 277 Å². The summed E-state index contributed by atoms with van der Waals surface area (Å²) in [6, 6.07) is 23.3. The van der Waals surface area contributed by atoms with Crippen molar-refractivity contribution < 1.29 is 28.9 Å². The Morgan fingerprint density at radius 3 is 2.26 bits per heavy atom. The van der Waals surface area contributed by atoms with Crippen molar-refractivity contribution in [2.75, 3.05) is 7.11 Å². The Morgan fingerprint density at radius 1 is 0.957 bits per heavy atom. The van der Waals surface area contributed by atoms with Gasteiger partial charge in [0.1, 0.15) is 11.2 Å². The van der Waals surface area contributed by atoms with Crippen molar-refractivity contribution in [3.63, 3.8) is 0 Å². The van der Waals surface area contributed by atoms with E-state index in [-0.39, 0.29) is 36.4 Å². The first-order valence-electron chi connectivity index (χ1n) is 14.9. The van der Waals surface area contributed by atoms with Crippen LogP contribution in [0, 0.1) is 5.92 Å². The van der Waals surface area contributed by atoms with Gasteiger partial charge in [0.15, 0.2) is 11.4 Å². The Hall–Kier alpha value is -3.93. The molecular weight excluding hydrogens is 631 g/mol. The molecule has 0 spiro atoms. The molecule has 1 fully saturated rings. The first-order chi connectivity index (χ1) is 22.2. The third-order valence-electron chi connectivity index (χ3n) is 8.01. The average molecular weight is 668 g/mol. The van der Waals surface area contributed by atoms with Crippen molar-refractivity contribution in [3.05, 3.63) is 123 Å². The number of aliphatic hydroxyl groups is 1. The molecule has 5 unspecified atom stereocenters. The maximum atomic E-state index is 12.7. The molecule has 1 aliphatic rings. The molecule has 10 nitrogen and oxygen atoms in total. The Bertz CT molecular complexity index is 1600. The number of amides is 2. The molecule has 0 radical (unpaired) electrons. The molecule has 3 aromatic carbocycles. The standard InChI is InChI=1S/C34H36Cl2N4O6/c1-21-28(18-40-20-38-30(35)31(40)36)45-33(46-29(21)25-12-10-24(19-41)11-13-25)26-14-8-23(9-15-26)17-37-34(43)39-27(32(42)44-2)16-22-6-4-3-5-7-22/h3-15,20-21,27-29,33,41H,16-19H2,1-2H3,(H2,37,39,43). The lowest BCUT2D eigenvalue weighted by molar-refractivity contribution is -0.276. The molecule has 0 saturated carbocycles. The molecule has 3 N–H and O–H groups in total. The maximum Gasteiger partial charge on any atom is 0.328 e. The van der Waals surface area contributed by atoms with Crippen LogP contribution in [-0.2, 0) is 45.1 Å². The van der Waals surface area contributed by atoms with Crippen LogP contribution in [0.25, 0.3) is 0 Å². The molecule has 2 amide bonds. The highest BCUT2D eigenvalue weighted by Crippen LogP contribution is 2.42. The summed E-state index contributed by atoms with van der Waals surface area (Å²) in [6.45, 7) is 2.66. The topological polar surface area (TPSA) is 124 Å². The molecule has 2 heterocycles. The van der Waals surface area contributed by atoms with Gasteiger partial charge in [-0.15, -0.1) is 0 Å². The molecule has 1 saturated heterocycles. The summed E-state index contributed by atoms with van der Waals surface area (Å²) >= 11 is 12.5. The van der Waals surface area contributed by atoms with Gasteiger partial charge in [0.2, 0.25) is 0 Å². The van der Waals surface area contributed by atoms with Crippen molar-refractivity contribution in [2.24, 2.45) is 5.92 Å². The highest BCUT2D eigenvalue weighted by Gasteiger charge is 2.39. The van der Waals surface area contributed by atoms with Crippen molar-refractivity contribution in [3.8, 4) is 0 Å². The molecule has 1 aliphatic heterocycles. The SMILES string of the molecule is COC(=O)C(Cc1ccccc1)NC(=O)NCc1ccc(C2OC(Cn3cnc(Cl)c3Cl)C(C)C(c3ccc(CO)cc3)O2)cc1. The predicted molar refractivity (Wildman–Crippen MR) is 173 cm³/mol. The van der Waals surface area contributed by atoms with E-state index in [1.54, 1.807) is 10.9 Å². The van der Waals surface area contributed by atoms with Gasteiger partial charge in [-0.05, 0) is 22.3 Å². The summed E-state index contributed by atoms with van der Waals surface area (Å²) in [5.74, 6) is -0.587. The number of halogens is 2. The van der Waals surface area contributed by atoms with E-state index in [9.17, 15) is 14.7 Å². The monoisotopic (exact) mass is 666 g/mol. The van der Waals surface area contributed by atoms with Gasteiger partial charge < -0.3 is 34.5 Å². The number of hydrogen-bond acceptors (Lipinski definition) is 7. The Kier molecular flexibility index (Phi) is 11.3. The van der Waals surface area contributed by atoms with Crippen molar-refractivity contribution in [1.29, 1.82) is 0 Å². The normalized spacial score (nSPS) is 20.1. The molecule has 1 aromatic heterocycles. The third kappa shape index (κ3) is 8.26. The third-order valence-corrected chi connectivity index (χ3v) is 8.78. The number of benzene rings is 3. The summed E-state index contributed by atoms with van der Waals surface area (Å²) in [4.78, 5) is 29.1. The van der Waals surface area contributed by atoms with Crippen molar-refractivity contribution in [2.45, 2.75) is 57.6 Å². The van der Waals surface area contributed by atoms with Gasteiger partial charge in [-0.1, -0.05) is 109 Å². The molecular formula is C34H36Cl2N4O6. The summed E-state index contributed by atoms with van der Waals surface area (Å²) in [6.07, 6.45) is 0.600. The molecule has 5 atom stereocenters. The van der Waals surface area contributed by atoms with Crippen molar-refractivity contribution >= 4 is 35.2 Å². The fourth-order valence-electron chi connectivity index (χ4n) is 5.36. The van der Waals surface area contributed by atoms with Crippen LogP contribution in [0.15, 0.2) is 85.2 Å². The fourth-order valence-corrected chi connectivity index (χ4v) is 5.68. The van der Waals surface area contributed by atoms with Gasteiger partial charge in [-0.25, -0.2) is 14.6 Å². The molecule has 0 bridgehead atoms. The van der Waals surface area contributed by atoms with E-state index in [2.05, 4.69) is 22.5 Å². The number of nitrogens with one attached hydrogen (secondary N) is 2. The van der Waals surface area contributed by atoms with E-state index in [4.69, 9.17) is 37.4 Å². The van der Waals surface area contributed by atoms with Gasteiger partial charge in [-0.3, -0.25) is 0 Å². The summed E-state index contributed by atoms with van der Waals surface area (Å²) in [5.41, 5.74) is 4.31. The number of rotatable bonds is 11. The van der Waals surface area contributed by atoms with E-state index in [0.717, 1.165) is 27.8 Å². The maximum absolute atomic E-state index is 12.7. The summed E-state index contributed by atoms with van der Waals surface area (Å²) < 4.78 is 19.6. The second-order valence-electron chi connectivity index (χ2n) is 11.1. The number of imidazole rings is 1. The number of carbonyl (C=O) groups excluding carboxylic acids is 2. The highest BCUT2D eigenvalue weighted by atomic mass is 35.5. The summed E-state index contributed by atoms with van der Waals surface area (Å²) in [5, 5.41) is 15.6. The zero-order valence-electron chi connectivity index (χ0n) is 25.4. The first kappa shape index (κ1) is 33.4. The predicted octanol–water partition coefficient (Wildman–Crippen LogP) is 5.76. The first-order valence-corrected chi connectivity index (χ1v) is 15.6. The number of hydrogen-bond donors (Lipinski definition) is 3. The molecule has 12 heteroatoms. The van der Waals surface area contributed by atoms with Crippen LogP contribution in [-0.4, -0.2) is 45.9 Å². The molecule has 46 heavy (non-hydrogen) atoms. The smallest absolute Gasteiger partial charge is 0.328 e. The van der Waals surface area contributed by atoms with Crippen molar-refractivity contribution in [1.82, 2.24) is 20.2 Å². The number of nitrogens with zero attached hydrogens (tertiary/aromatic N) is 2. The minimum atomic E-state index is -0.827. The second kappa shape index (κ2) is 15.6. The van der Waals surface area contributed by atoms with E-state index in [0.29, 0.717) is 18.1 Å². The quantitative estimate of drug-likeness (QED) is 0.174. The zero-order chi connectivity index (χ0) is 32.6. The van der Waals surface area contributed by atoms with Gasteiger partial charge in [0.25, 0.3) is 0 Å². The fraction of sp³-hybridized carbons (Fsp3) is 0.324. The average Bonchev–Trinajstić information content (AvgIpc) is 3.40. The number of ether oxygens (including phenoxy) is 3. The van der Waals surface area contributed by atoms with Gasteiger partial charge in [0.05, 0.1) is 38.8 Å². The molecule has 242 valence electrons. The summed E-state index contributed by atoms with van der Waals surface area (Å²) in [7, 11) is 1.29. The van der Waals surface area contributed by atoms with Crippen LogP contribution in [0.1, 0.15) is 47.1 Å². The van der Waals surface area contributed by atoms with E-state index in [1.165, 1.54) is 7.11 Å². The molecule has 0 aliphatic carbocycles. The van der Waals surface area contributed by atoms with Gasteiger partial charge in [-0.2, -0.15) is 0 Å². The molecule has 5 rings (SSSR count). The van der Waals surface area contributed by atoms with Gasteiger partial charge >= 0.3 is 12.0 Å². The largest absolute Gasteiger partial charge is 0.467 e. The van der Waals surface area contributed by atoms with Crippen LogP contribution >= 0.6 is 23.2 Å². The number of urea groups is 1. The number of aliphatic hydroxyl groups excluding tert-OH is 1. The Balaban J connectivity index is 1.26. The minimum absolute atomic E-state index is 0.0436. The van der Waals surface area contributed by atoms with E-state index >= 15 is 0 Å². The van der Waals surface area contributed by atoms with Crippen LogP contribution < -0.4 is 10.6 Å². The number of carbonyl (C=O) groups is 2. The number of methoxy groups -OCH3 is 1. The van der Waals surface area contributed by atoms with E-state index < -0.39 is 24.3 Å². The number of aromatic nitrogens is 2. The van der Waals surface area contributed by atoms with Crippen LogP contribution in [0.5, 0.6) is 0 Å². The lowest BCUT2D eigenvalue weighted by Gasteiger charge is -2.41. The lowest BCUT2D eigenvalue weighted by atomic mass is 9.90. The van der Waals surface area contributed by atoms with Crippen LogP contribution in [0.4, 0.5) is 4.79 Å².